The third kappa shape index (κ3) is 3.48. The minimum Gasteiger partial charge on any atom is -0.490 e. The lowest BCUT2D eigenvalue weighted by molar-refractivity contribution is -0.177. The summed E-state index contributed by atoms with van der Waals surface area (Å²) in [6, 6.07) is 21.4. The molecule has 4 nitrogen and oxygen atoms in total. The molecule has 2 aromatic carbocycles. The van der Waals surface area contributed by atoms with E-state index in [2.05, 4.69) is 61.2 Å². The van der Waals surface area contributed by atoms with Crippen molar-refractivity contribution in [2.45, 2.75) is 69.9 Å². The van der Waals surface area contributed by atoms with Gasteiger partial charge in [-0.2, -0.15) is 0 Å². The number of hydrogen-bond acceptors (Lipinski definition) is 3. The van der Waals surface area contributed by atoms with Gasteiger partial charge in [-0.25, -0.2) is 0 Å². The van der Waals surface area contributed by atoms with Crippen molar-refractivity contribution in [3.8, 4) is 5.75 Å². The van der Waals surface area contributed by atoms with Crippen molar-refractivity contribution in [3.63, 3.8) is 0 Å². The second kappa shape index (κ2) is 7.84. The predicted octanol–water partition coefficient (Wildman–Crippen LogP) is 5.17. The maximum Gasteiger partial charge on any atom is 0.228 e. The van der Waals surface area contributed by atoms with Gasteiger partial charge in [-0.05, 0) is 78.9 Å². The molecule has 1 heterocycles. The van der Waals surface area contributed by atoms with Gasteiger partial charge < -0.3 is 15.4 Å². The molecule has 5 aliphatic rings. The minimum absolute atomic E-state index is 0.0354. The third-order valence-corrected chi connectivity index (χ3v) is 9.67. The first-order valence-electron chi connectivity index (χ1n) is 13.1. The van der Waals surface area contributed by atoms with Gasteiger partial charge in [-0.1, -0.05) is 62.4 Å². The zero-order chi connectivity index (χ0) is 23.6. The number of benzene rings is 2. The van der Waals surface area contributed by atoms with Gasteiger partial charge in [0.25, 0.3) is 0 Å². The summed E-state index contributed by atoms with van der Waals surface area (Å²) in [6.07, 6.45) is 6.23. The number of para-hydroxylation sites is 1. The van der Waals surface area contributed by atoms with E-state index < -0.39 is 0 Å². The van der Waals surface area contributed by atoms with Crippen LogP contribution in [0.15, 0.2) is 60.7 Å². The van der Waals surface area contributed by atoms with Crippen LogP contribution in [0.2, 0.25) is 0 Å². The first-order chi connectivity index (χ1) is 16.3. The summed E-state index contributed by atoms with van der Waals surface area (Å²) in [5, 5.41) is 0. The van der Waals surface area contributed by atoms with Crippen LogP contribution < -0.4 is 10.5 Å². The van der Waals surface area contributed by atoms with E-state index in [0.717, 1.165) is 57.4 Å². The molecule has 5 fully saturated rings. The normalized spacial score (nSPS) is 38.0. The molecule has 0 aromatic heterocycles. The molecule has 180 valence electrons. The largest absolute Gasteiger partial charge is 0.490 e. The van der Waals surface area contributed by atoms with Crippen LogP contribution in [0, 0.1) is 22.7 Å². The Morgan fingerprint density at radius 2 is 1.56 bits per heavy atom. The van der Waals surface area contributed by atoms with E-state index in [1.165, 1.54) is 5.56 Å². The number of amides is 1. The molecule has 7 rings (SSSR count). The lowest BCUT2D eigenvalue weighted by atomic mass is 9.41. The number of hydrogen-bond donors (Lipinski definition) is 1. The predicted molar refractivity (Wildman–Crippen MR) is 134 cm³/mol. The van der Waals surface area contributed by atoms with Gasteiger partial charge in [0.05, 0.1) is 5.41 Å². The quantitative estimate of drug-likeness (QED) is 0.688. The van der Waals surface area contributed by atoms with Gasteiger partial charge >= 0.3 is 0 Å². The number of piperidine rings is 1. The van der Waals surface area contributed by atoms with Crippen molar-refractivity contribution in [2.75, 3.05) is 13.1 Å². The SMILES string of the molecule is CC1(C)CN(C(=O)C23CC4CC(c5ccccc5)(CC(C2)C4Oc2ccccc2)C3)CC[C@@H]1N. The summed E-state index contributed by atoms with van der Waals surface area (Å²) < 4.78 is 6.65. The minimum atomic E-state index is -0.268. The number of nitrogens with two attached hydrogens (primary N) is 1. The Hall–Kier alpha value is -2.33. The molecule has 0 spiro atoms. The zero-order valence-electron chi connectivity index (χ0n) is 20.6. The second-order valence-electron chi connectivity index (χ2n) is 12.4. The molecule has 0 radical (unpaired) electrons. The zero-order valence-corrected chi connectivity index (χ0v) is 20.6. The molecule has 1 amide bonds. The molecular formula is C30H38N2O2. The van der Waals surface area contributed by atoms with Gasteiger partial charge in [-0.3, -0.25) is 4.79 Å². The molecular weight excluding hydrogens is 420 g/mol. The summed E-state index contributed by atoms with van der Waals surface area (Å²) >= 11 is 0. The van der Waals surface area contributed by atoms with E-state index in [0.29, 0.717) is 17.7 Å². The van der Waals surface area contributed by atoms with Crippen molar-refractivity contribution < 1.29 is 9.53 Å². The fourth-order valence-corrected chi connectivity index (χ4v) is 8.22. The summed E-state index contributed by atoms with van der Waals surface area (Å²) in [5.41, 5.74) is 7.61. The van der Waals surface area contributed by atoms with E-state index in [1.54, 1.807) is 0 Å². The van der Waals surface area contributed by atoms with Crippen LogP contribution in [0.25, 0.3) is 0 Å². The molecule has 2 unspecified atom stereocenters. The van der Waals surface area contributed by atoms with Crippen LogP contribution >= 0.6 is 0 Å². The van der Waals surface area contributed by atoms with Gasteiger partial charge in [0.1, 0.15) is 11.9 Å². The topological polar surface area (TPSA) is 55.6 Å². The Balaban J connectivity index is 1.34. The monoisotopic (exact) mass is 458 g/mol. The Bertz CT molecular complexity index is 1030. The van der Waals surface area contributed by atoms with Crippen molar-refractivity contribution in [2.24, 2.45) is 28.4 Å². The molecule has 4 saturated carbocycles. The molecule has 1 aliphatic heterocycles. The van der Waals surface area contributed by atoms with E-state index in [1.807, 2.05) is 18.2 Å². The van der Waals surface area contributed by atoms with Crippen molar-refractivity contribution in [1.82, 2.24) is 4.90 Å². The fraction of sp³-hybridized carbons (Fsp3) is 0.567. The van der Waals surface area contributed by atoms with E-state index in [9.17, 15) is 4.79 Å². The highest BCUT2D eigenvalue weighted by molar-refractivity contribution is 5.84. The molecule has 1 saturated heterocycles. The van der Waals surface area contributed by atoms with E-state index >= 15 is 0 Å². The van der Waals surface area contributed by atoms with Crippen LogP contribution in [0.3, 0.4) is 0 Å². The smallest absolute Gasteiger partial charge is 0.228 e. The third-order valence-electron chi connectivity index (χ3n) is 9.67. The molecule has 3 atom stereocenters. The van der Waals surface area contributed by atoms with Crippen molar-refractivity contribution in [3.05, 3.63) is 66.2 Å². The first kappa shape index (κ1) is 22.2. The summed E-state index contributed by atoms with van der Waals surface area (Å²) in [4.78, 5) is 16.5. The lowest BCUT2D eigenvalue weighted by Crippen LogP contribution is -2.66. The summed E-state index contributed by atoms with van der Waals surface area (Å²) in [6.45, 7) is 5.99. The van der Waals surface area contributed by atoms with Crippen LogP contribution in [0.1, 0.15) is 57.9 Å². The van der Waals surface area contributed by atoms with Crippen LogP contribution in [-0.4, -0.2) is 36.0 Å². The van der Waals surface area contributed by atoms with Gasteiger partial charge in [-0.15, -0.1) is 0 Å². The molecule has 2 N–H and O–H groups in total. The number of rotatable bonds is 4. The maximum absolute atomic E-state index is 14.3. The first-order valence-corrected chi connectivity index (χ1v) is 13.1. The highest BCUT2D eigenvalue weighted by atomic mass is 16.5. The highest BCUT2D eigenvalue weighted by Crippen LogP contribution is 2.66. The van der Waals surface area contributed by atoms with Crippen LogP contribution in [0.4, 0.5) is 0 Å². The molecule has 34 heavy (non-hydrogen) atoms. The number of carbonyl (C=O) groups is 1. The van der Waals surface area contributed by atoms with Crippen LogP contribution in [-0.2, 0) is 10.2 Å². The number of likely N-dealkylation sites (tertiary alicyclic amines) is 1. The van der Waals surface area contributed by atoms with E-state index in [-0.39, 0.29) is 28.4 Å². The standard InChI is InChI=1S/C30H38N2O2/c1-28(2)20-32(14-13-25(28)31)27(33)30-17-21-15-29(19-30,23-9-5-3-6-10-23)16-22(18-30)26(21)34-24-11-7-4-8-12-24/h3-12,21-22,25-26H,13-20,31H2,1-2H3/t21?,22?,25-,26?,29?,30?/m0/s1. The van der Waals surface area contributed by atoms with Crippen LogP contribution in [0.5, 0.6) is 5.75 Å². The number of carbonyl (C=O) groups excluding carboxylic acids is 1. The molecule has 4 aliphatic carbocycles. The van der Waals surface area contributed by atoms with E-state index in [4.69, 9.17) is 10.5 Å². The molecule has 4 bridgehead atoms. The number of nitrogens with zero attached hydrogens (tertiary/aromatic N) is 1. The van der Waals surface area contributed by atoms with Crippen molar-refractivity contribution >= 4 is 5.91 Å². The fourth-order valence-electron chi connectivity index (χ4n) is 8.22. The molecule has 2 aromatic rings. The Morgan fingerprint density at radius 3 is 2.18 bits per heavy atom. The van der Waals surface area contributed by atoms with Gasteiger partial charge in [0.15, 0.2) is 0 Å². The average Bonchev–Trinajstić information content (AvgIpc) is 2.83. The van der Waals surface area contributed by atoms with Gasteiger partial charge in [0, 0.05) is 19.1 Å². The van der Waals surface area contributed by atoms with Gasteiger partial charge in [0.2, 0.25) is 5.91 Å². The molecule has 4 heteroatoms. The maximum atomic E-state index is 14.3. The number of ether oxygens (including phenoxy) is 1. The Kier molecular flexibility index (Phi) is 5.11. The lowest BCUT2D eigenvalue weighted by Gasteiger charge is -2.64. The second-order valence-corrected chi connectivity index (χ2v) is 12.4. The summed E-state index contributed by atoms with van der Waals surface area (Å²) in [5.74, 6) is 2.16. The Morgan fingerprint density at radius 1 is 0.941 bits per heavy atom. The van der Waals surface area contributed by atoms with Crippen molar-refractivity contribution in [1.29, 1.82) is 0 Å². The Labute approximate surface area is 203 Å². The summed E-state index contributed by atoms with van der Waals surface area (Å²) in [7, 11) is 0. The average molecular weight is 459 g/mol. The highest BCUT2D eigenvalue weighted by Gasteiger charge is 2.65.